The molecule has 3 aromatic carbocycles. The Morgan fingerprint density at radius 3 is 1.70 bits per heavy atom. The molecule has 0 amide bonds. The van der Waals surface area contributed by atoms with E-state index in [1.807, 2.05) is 24.3 Å². The average Bonchev–Trinajstić information content (AvgIpc) is 2.98. The van der Waals surface area contributed by atoms with Gasteiger partial charge in [-0.1, -0.05) is 50.1 Å². The van der Waals surface area contributed by atoms with E-state index in [2.05, 4.69) is 19.7 Å². The molecule has 0 saturated heterocycles. The summed E-state index contributed by atoms with van der Waals surface area (Å²) in [6.45, 7) is 14.9. The highest BCUT2D eigenvalue weighted by atomic mass is 16.6. The molecule has 43 heavy (non-hydrogen) atoms. The first-order valence-electron chi connectivity index (χ1n) is 13.1. The van der Waals surface area contributed by atoms with Crippen LogP contribution in [0.1, 0.15) is 31.1 Å². The first-order chi connectivity index (χ1) is 20.4. The minimum absolute atomic E-state index is 0.125. The normalized spacial score (nSPS) is 10.2. The number of rotatable bonds is 12. The summed E-state index contributed by atoms with van der Waals surface area (Å²) in [4.78, 5) is 48.5. The lowest BCUT2D eigenvalue weighted by Gasteiger charge is -2.13. The fourth-order valence-corrected chi connectivity index (χ4v) is 3.59. The van der Waals surface area contributed by atoms with Crippen LogP contribution in [0, 0.1) is 0 Å². The van der Waals surface area contributed by atoms with Gasteiger partial charge in [0.2, 0.25) is 0 Å². The van der Waals surface area contributed by atoms with E-state index in [4.69, 9.17) is 23.7 Å². The first kappa shape index (κ1) is 32.1. The smallest absolute Gasteiger partial charge is 0.338 e. The Morgan fingerprint density at radius 2 is 1.12 bits per heavy atom. The van der Waals surface area contributed by atoms with Gasteiger partial charge in [0.1, 0.15) is 19.0 Å². The van der Waals surface area contributed by atoms with Crippen LogP contribution in [-0.2, 0) is 23.9 Å². The highest BCUT2D eigenvalue weighted by Gasteiger charge is 2.16. The molecule has 9 nitrogen and oxygen atoms in total. The van der Waals surface area contributed by atoms with Crippen molar-refractivity contribution in [3.8, 4) is 39.5 Å². The predicted molar refractivity (Wildman–Crippen MR) is 161 cm³/mol. The zero-order valence-corrected chi connectivity index (χ0v) is 24.5. The third-order valence-electron chi connectivity index (χ3n) is 5.87. The van der Waals surface area contributed by atoms with E-state index in [0.717, 1.165) is 16.7 Å². The fourth-order valence-electron chi connectivity index (χ4n) is 3.59. The van der Waals surface area contributed by atoms with E-state index < -0.39 is 23.9 Å². The van der Waals surface area contributed by atoms with Gasteiger partial charge in [0.05, 0.1) is 12.7 Å². The van der Waals surface area contributed by atoms with Crippen LogP contribution in [0.4, 0.5) is 0 Å². The molecular formula is C34H32O9. The number of esters is 4. The topological polar surface area (TPSA) is 114 Å². The molecule has 3 rings (SSSR count). The van der Waals surface area contributed by atoms with E-state index in [9.17, 15) is 19.2 Å². The van der Waals surface area contributed by atoms with E-state index in [1.54, 1.807) is 37.3 Å². The molecule has 0 aromatic heterocycles. The Balaban J connectivity index is 1.87. The van der Waals surface area contributed by atoms with Crippen LogP contribution in [0.5, 0.6) is 17.2 Å². The number of benzene rings is 3. The fraction of sp³-hybridized carbons (Fsp3) is 0.176. The molecule has 222 valence electrons. The number of methoxy groups -OCH3 is 1. The summed E-state index contributed by atoms with van der Waals surface area (Å²) in [6, 6.07) is 17.2. The Morgan fingerprint density at radius 1 is 0.581 bits per heavy atom. The largest absolute Gasteiger partial charge is 0.493 e. The van der Waals surface area contributed by atoms with Crippen LogP contribution in [-0.4, -0.2) is 44.2 Å². The number of ether oxygens (including phenoxy) is 5. The molecule has 0 aliphatic carbocycles. The Bertz CT molecular complexity index is 1600. The van der Waals surface area contributed by atoms with Crippen LogP contribution in [0.2, 0.25) is 0 Å². The molecule has 0 bridgehead atoms. The van der Waals surface area contributed by atoms with E-state index in [0.29, 0.717) is 11.3 Å². The van der Waals surface area contributed by atoms with Gasteiger partial charge in [-0.25, -0.2) is 19.2 Å². The third-order valence-corrected chi connectivity index (χ3v) is 5.87. The molecule has 3 aromatic rings. The van der Waals surface area contributed by atoms with Crippen molar-refractivity contribution in [2.24, 2.45) is 0 Å². The minimum Gasteiger partial charge on any atom is -0.493 e. The molecule has 0 unspecified atom stereocenters. The molecule has 0 fully saturated rings. The number of hydrogen-bond donors (Lipinski definition) is 0. The summed E-state index contributed by atoms with van der Waals surface area (Å²) < 4.78 is 26.3. The Kier molecular flexibility index (Phi) is 10.8. The van der Waals surface area contributed by atoms with Crippen molar-refractivity contribution in [3.63, 3.8) is 0 Å². The molecule has 0 saturated carbocycles. The molecule has 0 aliphatic rings. The summed E-state index contributed by atoms with van der Waals surface area (Å²) in [6.07, 6.45) is 0. The van der Waals surface area contributed by atoms with E-state index >= 15 is 0 Å². The van der Waals surface area contributed by atoms with Crippen molar-refractivity contribution in [1.82, 2.24) is 0 Å². The predicted octanol–water partition coefficient (Wildman–Crippen LogP) is 6.27. The lowest BCUT2D eigenvalue weighted by molar-refractivity contribution is -0.140. The SMILES string of the molecule is C=C(C)C(=O)OCCOC(=O)c1cc(OC(=O)C(=C)C)cc(-c2ccc(-c3ccc(OC(=O)C(=C)C)c(OC)c3)cc2)c1. The molecule has 9 heteroatoms. The van der Waals surface area contributed by atoms with Crippen LogP contribution in [0.25, 0.3) is 22.3 Å². The third kappa shape index (κ3) is 8.77. The van der Waals surface area contributed by atoms with Crippen molar-refractivity contribution in [1.29, 1.82) is 0 Å². The van der Waals surface area contributed by atoms with Gasteiger partial charge in [0, 0.05) is 16.7 Å². The maximum Gasteiger partial charge on any atom is 0.338 e. The summed E-state index contributed by atoms with van der Waals surface area (Å²) in [7, 11) is 1.48. The summed E-state index contributed by atoms with van der Waals surface area (Å²) in [5, 5.41) is 0. The van der Waals surface area contributed by atoms with Gasteiger partial charge in [-0.15, -0.1) is 0 Å². The molecule has 0 spiro atoms. The Hall–Kier alpha value is -5.44. The molecule has 0 aliphatic heterocycles. The molecule has 0 radical (unpaired) electrons. The van der Waals surface area contributed by atoms with E-state index in [1.165, 1.54) is 27.0 Å². The lowest BCUT2D eigenvalue weighted by atomic mass is 9.98. The quantitative estimate of drug-likeness (QED) is 0.105. The molecule has 0 N–H and O–H groups in total. The van der Waals surface area contributed by atoms with Gasteiger partial charge in [-0.2, -0.15) is 0 Å². The standard InChI is InChI=1S/C34H32O9/c1-20(2)31(35)40-14-15-41-34(38)27-16-26(17-28(18-27)42-32(36)21(3)4)24-10-8-23(9-11-24)25-12-13-29(30(19-25)39-7)43-33(37)22(5)6/h8-13,16-19H,1,3,5,14-15H2,2,4,6-7H3. The minimum atomic E-state index is -0.697. The maximum atomic E-state index is 12.8. The number of carbonyl (C=O) groups is 4. The van der Waals surface area contributed by atoms with Gasteiger partial charge >= 0.3 is 23.9 Å². The van der Waals surface area contributed by atoms with Gasteiger partial charge in [-0.3, -0.25) is 0 Å². The van der Waals surface area contributed by atoms with Crippen molar-refractivity contribution in [2.45, 2.75) is 20.8 Å². The van der Waals surface area contributed by atoms with Crippen molar-refractivity contribution in [2.75, 3.05) is 20.3 Å². The van der Waals surface area contributed by atoms with Crippen molar-refractivity contribution < 1.29 is 42.9 Å². The Labute approximate surface area is 250 Å². The van der Waals surface area contributed by atoms with Gasteiger partial charge in [0.25, 0.3) is 0 Å². The highest BCUT2D eigenvalue weighted by molar-refractivity contribution is 5.93. The zero-order valence-electron chi connectivity index (χ0n) is 24.5. The second-order valence-electron chi connectivity index (χ2n) is 9.58. The van der Waals surface area contributed by atoms with Crippen molar-refractivity contribution >= 4 is 23.9 Å². The van der Waals surface area contributed by atoms with Crippen LogP contribution in [0.15, 0.2) is 97.1 Å². The maximum absolute atomic E-state index is 12.8. The summed E-state index contributed by atoms with van der Waals surface area (Å²) >= 11 is 0. The van der Waals surface area contributed by atoms with Crippen LogP contribution in [0.3, 0.4) is 0 Å². The second-order valence-corrected chi connectivity index (χ2v) is 9.58. The zero-order chi connectivity index (χ0) is 31.7. The molecule has 0 atom stereocenters. The number of carbonyl (C=O) groups excluding carboxylic acids is 4. The van der Waals surface area contributed by atoms with Crippen LogP contribution < -0.4 is 14.2 Å². The average molecular weight is 585 g/mol. The van der Waals surface area contributed by atoms with Gasteiger partial charge in [0.15, 0.2) is 11.5 Å². The monoisotopic (exact) mass is 584 g/mol. The molecule has 0 heterocycles. The van der Waals surface area contributed by atoms with Gasteiger partial charge < -0.3 is 23.7 Å². The molecular weight excluding hydrogens is 552 g/mol. The van der Waals surface area contributed by atoms with Crippen molar-refractivity contribution in [3.05, 3.63) is 103 Å². The highest BCUT2D eigenvalue weighted by Crippen LogP contribution is 2.34. The number of hydrogen-bond acceptors (Lipinski definition) is 9. The van der Waals surface area contributed by atoms with Gasteiger partial charge in [-0.05, 0) is 73.4 Å². The second kappa shape index (κ2) is 14.5. The summed E-state index contributed by atoms with van der Waals surface area (Å²) in [5.74, 6) is -1.72. The summed E-state index contributed by atoms with van der Waals surface area (Å²) in [5.41, 5.74) is 3.76. The lowest BCUT2D eigenvalue weighted by Crippen LogP contribution is -2.15. The van der Waals surface area contributed by atoms with E-state index in [-0.39, 0.29) is 47.0 Å². The van der Waals surface area contributed by atoms with Crippen LogP contribution >= 0.6 is 0 Å². The first-order valence-corrected chi connectivity index (χ1v) is 13.1.